The van der Waals surface area contributed by atoms with E-state index in [1.165, 1.54) is 12.4 Å². The van der Waals surface area contributed by atoms with Crippen molar-refractivity contribution in [3.05, 3.63) is 52.5 Å². The van der Waals surface area contributed by atoms with E-state index in [-0.39, 0.29) is 30.1 Å². The summed E-state index contributed by atoms with van der Waals surface area (Å²) < 4.78 is 41.6. The summed E-state index contributed by atoms with van der Waals surface area (Å²) in [5, 5.41) is 9.16. The molecule has 9 heteroatoms. The van der Waals surface area contributed by atoms with Crippen LogP contribution in [0.4, 0.5) is 13.2 Å². The summed E-state index contributed by atoms with van der Waals surface area (Å²) >= 11 is 0. The summed E-state index contributed by atoms with van der Waals surface area (Å²) in [7, 11) is 0. The zero-order valence-corrected chi connectivity index (χ0v) is 14.5. The minimum Gasteiger partial charge on any atom is -0.468 e. The number of amides is 1. The van der Waals surface area contributed by atoms with E-state index in [9.17, 15) is 18.0 Å². The van der Waals surface area contributed by atoms with Crippen LogP contribution in [-0.2, 0) is 6.54 Å². The molecule has 1 amide bonds. The fourth-order valence-corrected chi connectivity index (χ4v) is 2.95. The molecular formula is C18H15F3N4O2. The first-order chi connectivity index (χ1) is 12.7. The zero-order valence-electron chi connectivity index (χ0n) is 14.5. The van der Waals surface area contributed by atoms with Crippen LogP contribution in [0.5, 0.6) is 5.88 Å². The van der Waals surface area contributed by atoms with Crippen LogP contribution >= 0.6 is 0 Å². The summed E-state index contributed by atoms with van der Waals surface area (Å²) in [5.41, 5.74) is 2.31. The Morgan fingerprint density at radius 3 is 2.78 bits per heavy atom. The summed E-state index contributed by atoms with van der Waals surface area (Å²) in [4.78, 5) is 22.2. The van der Waals surface area contributed by atoms with Gasteiger partial charge in [-0.15, -0.1) is 0 Å². The highest BCUT2D eigenvalue weighted by Gasteiger charge is 2.34. The van der Waals surface area contributed by atoms with Crippen LogP contribution in [0.2, 0.25) is 0 Å². The van der Waals surface area contributed by atoms with Crippen molar-refractivity contribution in [3.8, 4) is 11.9 Å². The van der Waals surface area contributed by atoms with Gasteiger partial charge in [0.25, 0.3) is 5.91 Å². The Kier molecular flexibility index (Phi) is 4.74. The Bertz CT molecular complexity index is 937. The second-order valence-corrected chi connectivity index (χ2v) is 6.20. The number of halogens is 3. The van der Waals surface area contributed by atoms with Crippen molar-refractivity contribution < 1.29 is 22.7 Å². The Morgan fingerprint density at radius 1 is 1.41 bits per heavy atom. The summed E-state index contributed by atoms with van der Waals surface area (Å²) in [6, 6.07) is 4.80. The second-order valence-electron chi connectivity index (χ2n) is 6.20. The second kappa shape index (κ2) is 6.87. The lowest BCUT2D eigenvalue weighted by Gasteiger charge is -2.25. The van der Waals surface area contributed by atoms with E-state index in [0.29, 0.717) is 22.3 Å². The van der Waals surface area contributed by atoms with Gasteiger partial charge >= 0.3 is 6.18 Å². The van der Waals surface area contributed by atoms with E-state index < -0.39 is 12.8 Å². The molecule has 2 aromatic rings. The molecule has 0 aliphatic carbocycles. The van der Waals surface area contributed by atoms with Crippen LogP contribution in [0.15, 0.2) is 24.5 Å². The molecule has 0 saturated carbocycles. The molecule has 0 fully saturated rings. The van der Waals surface area contributed by atoms with Crippen molar-refractivity contribution in [1.29, 1.82) is 5.26 Å². The van der Waals surface area contributed by atoms with Gasteiger partial charge in [-0.25, -0.2) is 9.97 Å². The molecule has 3 heterocycles. The predicted molar refractivity (Wildman–Crippen MR) is 87.8 cm³/mol. The van der Waals surface area contributed by atoms with Gasteiger partial charge in [0.15, 0.2) is 6.61 Å². The van der Waals surface area contributed by atoms with Gasteiger partial charge in [-0.2, -0.15) is 18.4 Å². The van der Waals surface area contributed by atoms with Gasteiger partial charge in [0.2, 0.25) is 5.88 Å². The van der Waals surface area contributed by atoms with Crippen LogP contribution in [0, 0.1) is 18.3 Å². The summed E-state index contributed by atoms with van der Waals surface area (Å²) in [6.07, 6.45) is -1.63. The molecule has 1 atom stereocenters. The van der Waals surface area contributed by atoms with E-state index in [1.807, 2.05) is 6.07 Å². The number of ether oxygens (including phenoxy) is 1. The molecule has 1 aliphatic heterocycles. The Hall–Kier alpha value is -3.15. The average Bonchev–Trinajstić information content (AvgIpc) is 2.96. The third kappa shape index (κ3) is 3.69. The maximum Gasteiger partial charge on any atom is 0.422 e. The monoisotopic (exact) mass is 376 g/mol. The highest BCUT2D eigenvalue weighted by atomic mass is 19.4. The number of carbonyl (C=O) groups excluding carboxylic acids is 1. The molecule has 1 unspecified atom stereocenters. The Labute approximate surface area is 153 Å². The van der Waals surface area contributed by atoms with E-state index in [2.05, 4.69) is 9.97 Å². The lowest BCUT2D eigenvalue weighted by atomic mass is 10.1. The number of rotatable bonds is 4. The lowest BCUT2D eigenvalue weighted by molar-refractivity contribution is -0.154. The number of hydrogen-bond acceptors (Lipinski definition) is 5. The number of aryl methyl sites for hydroxylation is 1. The van der Waals surface area contributed by atoms with Gasteiger partial charge in [-0.1, -0.05) is 0 Å². The standard InChI is InChI=1S/C18H15F3N4O2/c1-10-5-12(7-24-16(10)27-9-18(19,20)21)11(2)25-8-14-13(17(25)26)3-4-23-15(14)6-22/h3-5,7,11H,8-9H2,1-2H3. The van der Waals surface area contributed by atoms with Gasteiger partial charge in [-0.3, -0.25) is 4.79 Å². The number of hydrogen-bond donors (Lipinski definition) is 0. The molecule has 140 valence electrons. The molecule has 0 spiro atoms. The Balaban J connectivity index is 1.81. The number of fused-ring (bicyclic) bond motifs is 1. The molecule has 0 radical (unpaired) electrons. The minimum absolute atomic E-state index is 0.102. The van der Waals surface area contributed by atoms with Crippen molar-refractivity contribution in [1.82, 2.24) is 14.9 Å². The van der Waals surface area contributed by atoms with Crippen LogP contribution in [0.3, 0.4) is 0 Å². The fraction of sp³-hybridized carbons (Fsp3) is 0.333. The number of aromatic nitrogens is 2. The quantitative estimate of drug-likeness (QED) is 0.818. The average molecular weight is 376 g/mol. The largest absolute Gasteiger partial charge is 0.468 e. The normalized spacial score (nSPS) is 14.7. The molecular weight excluding hydrogens is 361 g/mol. The molecule has 1 aliphatic rings. The molecule has 0 saturated heterocycles. The topological polar surface area (TPSA) is 79.1 Å². The number of alkyl halides is 3. The van der Waals surface area contributed by atoms with Gasteiger partial charge in [0, 0.05) is 29.1 Å². The minimum atomic E-state index is -4.44. The van der Waals surface area contributed by atoms with E-state index in [1.54, 1.807) is 30.9 Å². The maximum atomic E-state index is 12.7. The van der Waals surface area contributed by atoms with Crippen LogP contribution < -0.4 is 4.74 Å². The smallest absolute Gasteiger partial charge is 0.422 e. The third-order valence-corrected chi connectivity index (χ3v) is 4.36. The fourth-order valence-electron chi connectivity index (χ4n) is 2.95. The van der Waals surface area contributed by atoms with Crippen molar-refractivity contribution >= 4 is 5.91 Å². The van der Waals surface area contributed by atoms with Crippen LogP contribution in [0.1, 0.15) is 45.7 Å². The summed E-state index contributed by atoms with van der Waals surface area (Å²) in [6.45, 7) is 2.19. The number of pyridine rings is 2. The molecule has 0 bridgehead atoms. The molecule has 0 N–H and O–H groups in total. The first kappa shape index (κ1) is 18.6. The number of carbonyl (C=O) groups is 1. The summed E-state index contributed by atoms with van der Waals surface area (Å²) in [5.74, 6) is -0.332. The van der Waals surface area contributed by atoms with Gasteiger partial charge in [0.05, 0.1) is 12.6 Å². The van der Waals surface area contributed by atoms with Crippen LogP contribution in [0.25, 0.3) is 0 Å². The van der Waals surface area contributed by atoms with Gasteiger partial charge < -0.3 is 9.64 Å². The van der Waals surface area contributed by atoms with Gasteiger partial charge in [-0.05, 0) is 31.5 Å². The third-order valence-electron chi connectivity index (χ3n) is 4.36. The highest BCUT2D eigenvalue weighted by Crippen LogP contribution is 2.33. The van der Waals surface area contributed by atoms with E-state index in [4.69, 9.17) is 10.00 Å². The molecule has 3 rings (SSSR count). The van der Waals surface area contributed by atoms with E-state index >= 15 is 0 Å². The predicted octanol–water partition coefficient (Wildman–Crippen LogP) is 3.31. The van der Waals surface area contributed by atoms with Crippen LogP contribution in [-0.4, -0.2) is 33.6 Å². The Morgan fingerprint density at radius 2 is 2.15 bits per heavy atom. The molecule has 6 nitrogen and oxygen atoms in total. The number of nitrogens with zero attached hydrogens (tertiary/aromatic N) is 4. The van der Waals surface area contributed by atoms with E-state index in [0.717, 1.165) is 0 Å². The first-order valence-corrected chi connectivity index (χ1v) is 8.06. The van der Waals surface area contributed by atoms with Crippen molar-refractivity contribution in [2.75, 3.05) is 6.61 Å². The number of nitriles is 1. The zero-order chi connectivity index (χ0) is 19.8. The highest BCUT2D eigenvalue weighted by molar-refractivity contribution is 5.99. The van der Waals surface area contributed by atoms with Crippen molar-refractivity contribution in [2.45, 2.75) is 32.6 Å². The molecule has 2 aromatic heterocycles. The molecule has 27 heavy (non-hydrogen) atoms. The lowest BCUT2D eigenvalue weighted by Crippen LogP contribution is -2.27. The van der Waals surface area contributed by atoms with Crippen molar-refractivity contribution in [2.24, 2.45) is 0 Å². The maximum absolute atomic E-state index is 12.7. The SMILES string of the molecule is Cc1cc(C(C)N2Cc3c(ccnc3C#N)C2=O)cnc1OCC(F)(F)F. The molecule has 0 aromatic carbocycles. The first-order valence-electron chi connectivity index (χ1n) is 8.06. The van der Waals surface area contributed by atoms with Crippen molar-refractivity contribution in [3.63, 3.8) is 0 Å². The van der Waals surface area contributed by atoms with Gasteiger partial charge in [0.1, 0.15) is 11.8 Å².